The zero-order valence-electron chi connectivity index (χ0n) is 5.66. The van der Waals surface area contributed by atoms with Crippen LogP contribution in [-0.4, -0.2) is 9.97 Å². The molecule has 0 amide bonds. The van der Waals surface area contributed by atoms with E-state index in [0.29, 0.717) is 0 Å². The van der Waals surface area contributed by atoms with Crippen molar-refractivity contribution in [3.05, 3.63) is 21.2 Å². The second-order valence-electron chi connectivity index (χ2n) is 1.94. The second-order valence-corrected chi connectivity index (χ2v) is 3.02. The van der Waals surface area contributed by atoms with Crippen LogP contribution in [0.2, 0.25) is 15.5 Å². The molecule has 0 N–H and O–H groups in total. The van der Waals surface area contributed by atoms with Gasteiger partial charge in [0.15, 0.2) is 10.8 Å². The van der Waals surface area contributed by atoms with E-state index in [1.807, 2.05) is 0 Å². The minimum Gasteiger partial charge on any atom is -0.212 e. The van der Waals surface area contributed by atoms with Gasteiger partial charge in [-0.05, 0) is 11.6 Å². The van der Waals surface area contributed by atoms with Crippen molar-refractivity contribution in [3.63, 3.8) is 0 Å². The van der Waals surface area contributed by atoms with Crippen molar-refractivity contribution in [2.24, 2.45) is 0 Å². The highest BCUT2D eigenvalue weighted by atomic mass is 35.5. The number of alkyl halides is 3. The van der Waals surface area contributed by atoms with Gasteiger partial charge in [0.1, 0.15) is 5.02 Å². The molecule has 0 aromatic carbocycles. The summed E-state index contributed by atoms with van der Waals surface area (Å²) in [4.78, 5) is 6.15. The lowest BCUT2D eigenvalue weighted by atomic mass is 10.4. The zero-order valence-corrected chi connectivity index (χ0v) is 7.93. The van der Waals surface area contributed by atoms with Gasteiger partial charge < -0.3 is 0 Å². The fraction of sp³-hybridized carbons (Fsp3) is 0.200. The van der Waals surface area contributed by atoms with Gasteiger partial charge in [-0.1, -0.05) is 23.2 Å². The molecule has 0 aliphatic carbocycles. The van der Waals surface area contributed by atoms with Crippen LogP contribution in [0.1, 0.15) is 5.69 Å². The maximum atomic E-state index is 12.1. The fourth-order valence-corrected chi connectivity index (χ4v) is 1.16. The minimum absolute atomic E-state index is 0.519. The monoisotopic (exact) mass is 250 g/mol. The SMILES string of the molecule is FC(F)(F)c1nc(Cl)nc(Cl)c1Cl. The van der Waals surface area contributed by atoms with E-state index in [4.69, 9.17) is 34.8 Å². The summed E-state index contributed by atoms with van der Waals surface area (Å²) in [5.41, 5.74) is -1.33. The van der Waals surface area contributed by atoms with E-state index >= 15 is 0 Å². The van der Waals surface area contributed by atoms with E-state index in [9.17, 15) is 13.2 Å². The maximum absolute atomic E-state index is 12.1. The van der Waals surface area contributed by atoms with E-state index in [1.165, 1.54) is 0 Å². The molecule has 1 aromatic rings. The van der Waals surface area contributed by atoms with Crippen LogP contribution >= 0.6 is 34.8 Å². The van der Waals surface area contributed by atoms with Gasteiger partial charge in [0.25, 0.3) is 0 Å². The lowest BCUT2D eigenvalue weighted by Crippen LogP contribution is -2.10. The number of nitrogens with zero attached hydrogens (tertiary/aromatic N) is 2. The number of aromatic nitrogens is 2. The summed E-state index contributed by atoms with van der Waals surface area (Å²) in [7, 11) is 0. The standard InChI is InChI=1S/C5Cl3F3N2/c6-1-2(5(9,10)11)12-4(8)13-3(1)7. The molecule has 1 heterocycles. The molecule has 0 bridgehead atoms. The van der Waals surface area contributed by atoms with E-state index in [-0.39, 0.29) is 0 Å². The molecule has 0 saturated heterocycles. The Bertz CT molecular complexity index is 339. The van der Waals surface area contributed by atoms with E-state index < -0.39 is 27.3 Å². The molecule has 1 aromatic heterocycles. The van der Waals surface area contributed by atoms with Crippen LogP contribution in [0.25, 0.3) is 0 Å². The van der Waals surface area contributed by atoms with Crippen LogP contribution in [0.3, 0.4) is 0 Å². The summed E-state index contributed by atoms with van der Waals surface area (Å²) in [5, 5.41) is -1.87. The van der Waals surface area contributed by atoms with Crippen molar-refractivity contribution in [2.75, 3.05) is 0 Å². The summed E-state index contributed by atoms with van der Waals surface area (Å²) >= 11 is 15.6. The topological polar surface area (TPSA) is 25.8 Å². The Morgan fingerprint density at radius 3 is 2.00 bits per heavy atom. The van der Waals surface area contributed by atoms with E-state index in [2.05, 4.69) is 9.97 Å². The van der Waals surface area contributed by atoms with Gasteiger partial charge in [0, 0.05) is 0 Å². The first-order valence-corrected chi connectivity index (χ1v) is 3.91. The van der Waals surface area contributed by atoms with Crippen LogP contribution in [-0.2, 0) is 6.18 Å². The average Bonchev–Trinajstić information content (AvgIpc) is 1.94. The van der Waals surface area contributed by atoms with Gasteiger partial charge in [-0.25, -0.2) is 9.97 Å². The second kappa shape index (κ2) is 3.48. The van der Waals surface area contributed by atoms with Gasteiger partial charge in [0.05, 0.1) is 0 Å². The fourth-order valence-electron chi connectivity index (χ4n) is 0.582. The molecule has 2 nitrogen and oxygen atoms in total. The summed E-state index contributed by atoms with van der Waals surface area (Å²) < 4.78 is 36.4. The van der Waals surface area contributed by atoms with Crippen LogP contribution in [0, 0.1) is 0 Å². The summed E-state index contributed by atoms with van der Waals surface area (Å²) in [5.74, 6) is 0. The molecule has 0 aliphatic heterocycles. The molecule has 72 valence electrons. The molecule has 8 heteroatoms. The quantitative estimate of drug-likeness (QED) is 0.521. The Morgan fingerprint density at radius 2 is 1.54 bits per heavy atom. The first-order valence-electron chi connectivity index (χ1n) is 2.78. The minimum atomic E-state index is -4.69. The summed E-state index contributed by atoms with van der Waals surface area (Å²) in [6.45, 7) is 0. The largest absolute Gasteiger partial charge is 0.435 e. The molecule has 0 aliphatic rings. The van der Waals surface area contributed by atoms with Crippen molar-refractivity contribution < 1.29 is 13.2 Å². The van der Waals surface area contributed by atoms with Gasteiger partial charge in [-0.15, -0.1) is 0 Å². The van der Waals surface area contributed by atoms with Gasteiger partial charge in [0.2, 0.25) is 5.28 Å². The van der Waals surface area contributed by atoms with Crippen molar-refractivity contribution in [1.29, 1.82) is 0 Å². The highest BCUT2D eigenvalue weighted by molar-refractivity contribution is 6.42. The first-order chi connectivity index (χ1) is 5.82. The zero-order chi connectivity index (χ0) is 10.2. The van der Waals surface area contributed by atoms with Crippen LogP contribution in [0.4, 0.5) is 13.2 Å². The normalized spacial score (nSPS) is 11.8. The molecule has 0 saturated carbocycles. The molecule has 0 radical (unpaired) electrons. The van der Waals surface area contributed by atoms with Crippen molar-refractivity contribution in [1.82, 2.24) is 9.97 Å². The predicted molar refractivity (Wildman–Crippen MR) is 42.1 cm³/mol. The van der Waals surface area contributed by atoms with Gasteiger partial charge in [-0.3, -0.25) is 0 Å². The summed E-state index contributed by atoms with van der Waals surface area (Å²) in [6.07, 6.45) is -4.69. The number of hydrogen-bond acceptors (Lipinski definition) is 2. The highest BCUT2D eigenvalue weighted by Gasteiger charge is 2.37. The number of rotatable bonds is 0. The summed E-state index contributed by atoms with van der Waals surface area (Å²) in [6, 6.07) is 0. The van der Waals surface area contributed by atoms with Crippen molar-refractivity contribution in [2.45, 2.75) is 6.18 Å². The van der Waals surface area contributed by atoms with Crippen molar-refractivity contribution in [3.8, 4) is 0 Å². The maximum Gasteiger partial charge on any atom is 0.435 e. The first kappa shape index (κ1) is 10.8. The van der Waals surface area contributed by atoms with E-state index in [1.54, 1.807) is 0 Å². The molecular weight excluding hydrogens is 251 g/mol. The number of hydrogen-bond donors (Lipinski definition) is 0. The molecule has 13 heavy (non-hydrogen) atoms. The molecule has 0 unspecified atom stereocenters. The van der Waals surface area contributed by atoms with Crippen LogP contribution in [0.5, 0.6) is 0 Å². The van der Waals surface area contributed by atoms with Crippen molar-refractivity contribution >= 4 is 34.8 Å². The van der Waals surface area contributed by atoms with Gasteiger partial charge >= 0.3 is 6.18 Å². The lowest BCUT2D eigenvalue weighted by Gasteiger charge is -2.07. The predicted octanol–water partition coefficient (Wildman–Crippen LogP) is 3.46. The average molecular weight is 251 g/mol. The smallest absolute Gasteiger partial charge is 0.212 e. The highest BCUT2D eigenvalue weighted by Crippen LogP contribution is 2.36. The Kier molecular flexibility index (Phi) is 2.89. The Balaban J connectivity index is 3.37. The Labute approximate surface area is 85.6 Å². The molecular formula is C5Cl3F3N2. The third-order valence-electron chi connectivity index (χ3n) is 1.05. The number of halogens is 6. The van der Waals surface area contributed by atoms with Crippen LogP contribution in [0.15, 0.2) is 0 Å². The lowest BCUT2D eigenvalue weighted by molar-refractivity contribution is -0.141. The molecule has 0 fully saturated rings. The molecule has 1 rings (SSSR count). The molecule has 0 atom stereocenters. The third kappa shape index (κ3) is 2.36. The Hall–Kier alpha value is -0.260. The van der Waals surface area contributed by atoms with Crippen LogP contribution < -0.4 is 0 Å². The Morgan fingerprint density at radius 1 is 1.00 bits per heavy atom. The third-order valence-corrected chi connectivity index (χ3v) is 1.95. The van der Waals surface area contributed by atoms with Gasteiger partial charge in [-0.2, -0.15) is 13.2 Å². The molecule has 0 spiro atoms. The van der Waals surface area contributed by atoms with E-state index in [0.717, 1.165) is 0 Å².